The normalized spacial score (nSPS) is 11.6. The van der Waals surface area contributed by atoms with Gasteiger partial charge in [-0.05, 0) is 35.9 Å². The van der Waals surface area contributed by atoms with Gasteiger partial charge in [0.2, 0.25) is 10.0 Å². The van der Waals surface area contributed by atoms with Gasteiger partial charge >= 0.3 is 5.63 Å². The molecule has 2 aromatic carbocycles. The van der Waals surface area contributed by atoms with E-state index in [1.165, 1.54) is 24.3 Å². The summed E-state index contributed by atoms with van der Waals surface area (Å²) in [5.41, 5.74) is 1.08. The summed E-state index contributed by atoms with van der Waals surface area (Å²) >= 11 is 12.0. The van der Waals surface area contributed by atoms with E-state index in [-0.39, 0.29) is 16.5 Å². The van der Waals surface area contributed by atoms with Crippen molar-refractivity contribution in [3.63, 3.8) is 0 Å². The Balaban J connectivity index is 1.92. The largest absolute Gasteiger partial charge is 0.423 e. The minimum atomic E-state index is -3.83. The Hall–Kier alpha value is -2.06. The van der Waals surface area contributed by atoms with Crippen LogP contribution in [0.5, 0.6) is 0 Å². The first-order valence-electron chi connectivity index (χ1n) is 7.02. The maximum absolute atomic E-state index is 11.7. The van der Waals surface area contributed by atoms with Crippen LogP contribution in [0.15, 0.2) is 56.6 Å². The fourth-order valence-corrected chi connectivity index (χ4v) is 3.37. The van der Waals surface area contributed by atoms with Gasteiger partial charge in [-0.3, -0.25) is 0 Å². The van der Waals surface area contributed by atoms with Crippen molar-refractivity contribution in [2.24, 2.45) is 5.14 Å². The number of nitrogens with one attached hydrogen (secondary N) is 1. The lowest BCUT2D eigenvalue weighted by molar-refractivity contribution is 0.559. The Kier molecular flexibility index (Phi) is 4.75. The van der Waals surface area contributed by atoms with Gasteiger partial charge < -0.3 is 9.73 Å². The summed E-state index contributed by atoms with van der Waals surface area (Å²) in [5.74, 6) is 0. The van der Waals surface area contributed by atoms with Crippen LogP contribution < -0.4 is 16.1 Å². The predicted octanol–water partition coefficient (Wildman–Crippen LogP) is 3.36. The van der Waals surface area contributed by atoms with E-state index < -0.39 is 15.6 Å². The fourth-order valence-electron chi connectivity index (χ4n) is 2.36. The molecule has 0 saturated heterocycles. The molecule has 1 aromatic heterocycles. The van der Waals surface area contributed by atoms with Crippen LogP contribution in [-0.2, 0) is 16.6 Å². The van der Waals surface area contributed by atoms with Crippen molar-refractivity contribution in [3.8, 4) is 0 Å². The SMILES string of the molecule is NS(=O)(=O)c1ccc(NCc2cc(=O)oc3cc(Cl)ccc23)c(Cl)c1. The first kappa shape index (κ1) is 17.8. The van der Waals surface area contributed by atoms with Crippen molar-refractivity contribution in [3.05, 3.63) is 68.5 Å². The highest BCUT2D eigenvalue weighted by molar-refractivity contribution is 7.89. The standard InChI is InChI=1S/C16H12Cl2N2O4S/c17-10-1-3-12-9(5-16(21)24-15(12)6-10)8-20-14-4-2-11(7-13(14)18)25(19,22)23/h1-7,20H,8H2,(H2,19,22,23). The molecule has 9 heteroatoms. The lowest BCUT2D eigenvalue weighted by atomic mass is 10.1. The highest BCUT2D eigenvalue weighted by Gasteiger charge is 2.11. The molecule has 6 nitrogen and oxygen atoms in total. The molecule has 0 unspecified atom stereocenters. The van der Waals surface area contributed by atoms with Crippen LogP contribution >= 0.6 is 23.2 Å². The van der Waals surface area contributed by atoms with Crippen LogP contribution in [-0.4, -0.2) is 8.42 Å². The zero-order valence-electron chi connectivity index (χ0n) is 12.6. The Morgan fingerprint density at radius 1 is 1.08 bits per heavy atom. The summed E-state index contributed by atoms with van der Waals surface area (Å²) in [5, 5.41) is 9.52. The van der Waals surface area contributed by atoms with Gasteiger partial charge in [0.1, 0.15) is 5.58 Å². The Labute approximate surface area is 153 Å². The maximum atomic E-state index is 11.7. The third-order valence-corrected chi connectivity index (χ3v) is 4.99. The number of anilines is 1. The van der Waals surface area contributed by atoms with E-state index in [1.54, 1.807) is 18.2 Å². The fraction of sp³-hybridized carbons (Fsp3) is 0.0625. The minimum Gasteiger partial charge on any atom is -0.423 e. The number of fused-ring (bicyclic) bond motifs is 1. The molecule has 0 aliphatic rings. The monoisotopic (exact) mass is 398 g/mol. The van der Waals surface area contributed by atoms with Crippen molar-refractivity contribution >= 4 is 49.9 Å². The molecule has 3 rings (SSSR count). The molecule has 0 amide bonds. The van der Waals surface area contributed by atoms with Crippen LogP contribution in [0.4, 0.5) is 5.69 Å². The van der Waals surface area contributed by atoms with Crippen LogP contribution in [0.2, 0.25) is 10.0 Å². The first-order valence-corrected chi connectivity index (χ1v) is 9.33. The second kappa shape index (κ2) is 6.68. The van der Waals surface area contributed by atoms with Crippen molar-refractivity contribution in [2.75, 3.05) is 5.32 Å². The smallest absolute Gasteiger partial charge is 0.336 e. The molecule has 0 fully saturated rings. The lowest BCUT2D eigenvalue weighted by Gasteiger charge is -2.11. The highest BCUT2D eigenvalue weighted by Crippen LogP contribution is 2.26. The zero-order valence-corrected chi connectivity index (χ0v) is 15.0. The number of hydrogen-bond donors (Lipinski definition) is 2. The third-order valence-electron chi connectivity index (χ3n) is 3.53. The predicted molar refractivity (Wildman–Crippen MR) is 97.6 cm³/mol. The number of sulfonamides is 1. The van der Waals surface area contributed by atoms with E-state index in [0.29, 0.717) is 21.9 Å². The molecule has 0 aliphatic carbocycles. The summed E-state index contributed by atoms with van der Waals surface area (Å²) in [6, 6.07) is 10.5. The van der Waals surface area contributed by atoms with Crippen LogP contribution in [0.3, 0.4) is 0 Å². The van der Waals surface area contributed by atoms with E-state index >= 15 is 0 Å². The van der Waals surface area contributed by atoms with E-state index in [1.807, 2.05) is 0 Å². The third kappa shape index (κ3) is 3.96. The molecule has 0 atom stereocenters. The van der Waals surface area contributed by atoms with Crippen LogP contribution in [0, 0.1) is 0 Å². The van der Waals surface area contributed by atoms with Gasteiger partial charge in [-0.2, -0.15) is 0 Å². The van der Waals surface area contributed by atoms with Crippen molar-refractivity contribution in [1.82, 2.24) is 0 Å². The van der Waals surface area contributed by atoms with Crippen molar-refractivity contribution in [2.45, 2.75) is 11.4 Å². The maximum Gasteiger partial charge on any atom is 0.336 e. The van der Waals surface area contributed by atoms with Gasteiger partial charge in [-0.1, -0.05) is 23.2 Å². The number of nitrogens with two attached hydrogens (primary N) is 1. The Morgan fingerprint density at radius 2 is 1.84 bits per heavy atom. The number of hydrogen-bond acceptors (Lipinski definition) is 5. The van der Waals surface area contributed by atoms with Gasteiger partial charge in [0.25, 0.3) is 0 Å². The number of rotatable bonds is 4. The molecule has 25 heavy (non-hydrogen) atoms. The van der Waals surface area contributed by atoms with E-state index in [2.05, 4.69) is 5.32 Å². The molecule has 3 N–H and O–H groups in total. The van der Waals surface area contributed by atoms with Crippen molar-refractivity contribution in [1.29, 1.82) is 0 Å². The van der Waals surface area contributed by atoms with Gasteiger partial charge in [0.05, 0.1) is 15.6 Å². The van der Waals surface area contributed by atoms with Crippen LogP contribution in [0.1, 0.15) is 5.56 Å². The Bertz CT molecular complexity index is 1130. The highest BCUT2D eigenvalue weighted by atomic mass is 35.5. The molecule has 0 radical (unpaired) electrons. The summed E-state index contributed by atoms with van der Waals surface area (Å²) in [4.78, 5) is 11.6. The summed E-state index contributed by atoms with van der Waals surface area (Å²) in [6.45, 7) is 0.276. The average molecular weight is 399 g/mol. The van der Waals surface area contributed by atoms with Crippen LogP contribution in [0.25, 0.3) is 11.0 Å². The molecule has 0 saturated carbocycles. The van der Waals surface area contributed by atoms with E-state index in [9.17, 15) is 13.2 Å². The molecule has 0 bridgehead atoms. The molecule has 0 spiro atoms. The number of halogens is 2. The summed E-state index contributed by atoms with van der Waals surface area (Å²) in [6.07, 6.45) is 0. The molecule has 1 heterocycles. The topological polar surface area (TPSA) is 102 Å². The van der Waals surface area contributed by atoms with Gasteiger partial charge in [-0.25, -0.2) is 18.4 Å². The quantitative estimate of drug-likeness (QED) is 0.655. The summed E-state index contributed by atoms with van der Waals surface area (Å²) in [7, 11) is -3.83. The number of primary sulfonamides is 1. The van der Waals surface area contributed by atoms with E-state index in [0.717, 1.165) is 5.39 Å². The zero-order chi connectivity index (χ0) is 18.2. The number of benzene rings is 2. The van der Waals surface area contributed by atoms with Crippen molar-refractivity contribution < 1.29 is 12.8 Å². The second-order valence-corrected chi connectivity index (χ2v) is 7.68. The molecular weight excluding hydrogens is 387 g/mol. The first-order chi connectivity index (χ1) is 11.7. The van der Waals surface area contributed by atoms with E-state index in [4.69, 9.17) is 32.8 Å². The molecule has 3 aromatic rings. The van der Waals surface area contributed by atoms with Gasteiger partial charge in [-0.15, -0.1) is 0 Å². The molecular formula is C16H12Cl2N2O4S. The minimum absolute atomic E-state index is 0.0801. The lowest BCUT2D eigenvalue weighted by Crippen LogP contribution is -2.12. The Morgan fingerprint density at radius 3 is 2.52 bits per heavy atom. The van der Waals surface area contributed by atoms with Gasteiger partial charge in [0.15, 0.2) is 0 Å². The molecule has 0 aliphatic heterocycles. The second-order valence-electron chi connectivity index (χ2n) is 5.27. The summed E-state index contributed by atoms with van der Waals surface area (Å²) < 4.78 is 27.8. The average Bonchev–Trinajstić information content (AvgIpc) is 2.51. The molecule has 130 valence electrons. The van der Waals surface area contributed by atoms with Gasteiger partial charge in [0, 0.05) is 29.1 Å².